The number of fused-ring (bicyclic) bond motifs is 1. The van der Waals surface area contributed by atoms with Crippen molar-refractivity contribution in [1.29, 1.82) is 0 Å². The molecular weight excluding hydrogens is 267 g/mol. The monoisotopic (exact) mass is 274 g/mol. The molecule has 94 valence electrons. The third-order valence-electron chi connectivity index (χ3n) is 2.83. The molecule has 3 rings (SSSR count). The standard InChI is InChI=1S/C14H8ClFN2O/c15-14-17-11-7-3-1-5-9(11)13(19)18(14)12-8-4-2-6-10(12)16/h1-8H. The van der Waals surface area contributed by atoms with E-state index in [0.717, 1.165) is 4.57 Å². The zero-order chi connectivity index (χ0) is 13.4. The van der Waals surface area contributed by atoms with Crippen molar-refractivity contribution in [3.8, 4) is 5.69 Å². The van der Waals surface area contributed by atoms with E-state index in [9.17, 15) is 9.18 Å². The number of para-hydroxylation sites is 2. The highest BCUT2D eigenvalue weighted by Gasteiger charge is 2.13. The molecule has 3 aromatic rings. The van der Waals surface area contributed by atoms with Crippen molar-refractivity contribution in [3.05, 3.63) is 70.0 Å². The van der Waals surface area contributed by atoms with Crippen LogP contribution in [0.2, 0.25) is 5.28 Å². The molecule has 5 heteroatoms. The van der Waals surface area contributed by atoms with E-state index in [-0.39, 0.29) is 16.5 Å². The molecule has 0 amide bonds. The summed E-state index contributed by atoms with van der Waals surface area (Å²) in [6.07, 6.45) is 0. The number of rotatable bonds is 1. The smallest absolute Gasteiger partial charge is 0.267 e. The van der Waals surface area contributed by atoms with Gasteiger partial charge < -0.3 is 0 Å². The van der Waals surface area contributed by atoms with E-state index in [1.807, 2.05) is 0 Å². The molecular formula is C14H8ClFN2O. The van der Waals surface area contributed by atoms with Crippen molar-refractivity contribution in [2.45, 2.75) is 0 Å². The Morgan fingerprint density at radius 3 is 2.53 bits per heavy atom. The van der Waals surface area contributed by atoms with Crippen molar-refractivity contribution in [2.24, 2.45) is 0 Å². The van der Waals surface area contributed by atoms with Gasteiger partial charge in [-0.1, -0.05) is 24.3 Å². The summed E-state index contributed by atoms with van der Waals surface area (Å²) in [7, 11) is 0. The minimum absolute atomic E-state index is 0.0613. The number of halogens is 2. The second kappa shape index (κ2) is 4.48. The third-order valence-corrected chi connectivity index (χ3v) is 3.08. The molecule has 0 N–H and O–H groups in total. The van der Waals surface area contributed by atoms with Crippen molar-refractivity contribution < 1.29 is 4.39 Å². The van der Waals surface area contributed by atoms with Gasteiger partial charge in [0.15, 0.2) is 0 Å². The van der Waals surface area contributed by atoms with Gasteiger partial charge in [-0.05, 0) is 35.9 Å². The number of aromatic nitrogens is 2. The second-order valence-corrected chi connectivity index (χ2v) is 4.33. The Bertz CT molecular complexity index is 829. The first kappa shape index (κ1) is 11.9. The van der Waals surface area contributed by atoms with Crippen molar-refractivity contribution in [1.82, 2.24) is 9.55 Å². The molecule has 0 aliphatic carbocycles. The van der Waals surface area contributed by atoms with Crippen molar-refractivity contribution in [3.63, 3.8) is 0 Å². The van der Waals surface area contributed by atoms with Crippen LogP contribution in [0.15, 0.2) is 53.3 Å². The molecule has 0 spiro atoms. The number of hydrogen-bond donors (Lipinski definition) is 0. The molecule has 2 aromatic carbocycles. The van der Waals surface area contributed by atoms with Crippen LogP contribution in [0.1, 0.15) is 0 Å². The molecule has 0 saturated carbocycles. The Kier molecular flexibility index (Phi) is 2.80. The summed E-state index contributed by atoms with van der Waals surface area (Å²) in [6.45, 7) is 0. The third kappa shape index (κ3) is 1.90. The van der Waals surface area contributed by atoms with Gasteiger partial charge in [0, 0.05) is 0 Å². The Morgan fingerprint density at radius 2 is 1.74 bits per heavy atom. The summed E-state index contributed by atoms with van der Waals surface area (Å²) in [5.74, 6) is -0.524. The van der Waals surface area contributed by atoms with E-state index in [0.29, 0.717) is 10.9 Å². The summed E-state index contributed by atoms with van der Waals surface area (Å²) in [4.78, 5) is 16.5. The predicted molar refractivity (Wildman–Crippen MR) is 72.3 cm³/mol. The molecule has 19 heavy (non-hydrogen) atoms. The summed E-state index contributed by atoms with van der Waals surface area (Å²) in [5.41, 5.74) is 0.196. The van der Waals surface area contributed by atoms with Gasteiger partial charge in [0.2, 0.25) is 5.28 Å². The lowest BCUT2D eigenvalue weighted by atomic mass is 10.2. The Hall–Kier alpha value is -2.20. The molecule has 0 bridgehead atoms. The lowest BCUT2D eigenvalue weighted by Gasteiger charge is -2.09. The van der Waals surface area contributed by atoms with Gasteiger partial charge in [0.25, 0.3) is 5.56 Å². The molecule has 0 aliphatic rings. The van der Waals surface area contributed by atoms with Gasteiger partial charge in [0.05, 0.1) is 16.6 Å². The van der Waals surface area contributed by atoms with Gasteiger partial charge in [-0.3, -0.25) is 4.79 Å². The molecule has 0 saturated heterocycles. The number of hydrogen-bond acceptors (Lipinski definition) is 2. The van der Waals surface area contributed by atoms with Gasteiger partial charge in [-0.15, -0.1) is 0 Å². The van der Waals surface area contributed by atoms with Crippen LogP contribution in [-0.4, -0.2) is 9.55 Å². The fourth-order valence-corrected chi connectivity index (χ4v) is 2.21. The summed E-state index contributed by atoms with van der Waals surface area (Å²) < 4.78 is 14.9. The molecule has 1 heterocycles. The van der Waals surface area contributed by atoms with Crippen LogP contribution in [0.5, 0.6) is 0 Å². The average Bonchev–Trinajstić information content (AvgIpc) is 2.41. The van der Waals surface area contributed by atoms with Gasteiger partial charge >= 0.3 is 0 Å². The first-order valence-electron chi connectivity index (χ1n) is 5.60. The largest absolute Gasteiger partial charge is 0.268 e. The minimum atomic E-state index is -0.524. The van der Waals surface area contributed by atoms with E-state index in [1.54, 1.807) is 36.4 Å². The Labute approximate surface area is 112 Å². The van der Waals surface area contributed by atoms with Crippen LogP contribution in [0.25, 0.3) is 16.6 Å². The van der Waals surface area contributed by atoms with E-state index in [1.165, 1.54) is 12.1 Å². The topological polar surface area (TPSA) is 34.9 Å². The summed E-state index contributed by atoms with van der Waals surface area (Å²) >= 11 is 6.00. The molecule has 0 aliphatic heterocycles. The first-order valence-corrected chi connectivity index (χ1v) is 5.98. The van der Waals surface area contributed by atoms with E-state index >= 15 is 0 Å². The fraction of sp³-hybridized carbons (Fsp3) is 0. The SMILES string of the molecule is O=c1c2ccccc2nc(Cl)n1-c1ccccc1F. The van der Waals surface area contributed by atoms with Crippen LogP contribution in [0.3, 0.4) is 0 Å². The first-order chi connectivity index (χ1) is 9.18. The lowest BCUT2D eigenvalue weighted by Crippen LogP contribution is -2.21. The van der Waals surface area contributed by atoms with Crippen LogP contribution in [0.4, 0.5) is 4.39 Å². The van der Waals surface area contributed by atoms with E-state index in [2.05, 4.69) is 4.98 Å². The normalized spacial score (nSPS) is 10.8. The van der Waals surface area contributed by atoms with Gasteiger partial charge in [0.1, 0.15) is 5.82 Å². The molecule has 0 fully saturated rings. The maximum Gasteiger partial charge on any atom is 0.267 e. The van der Waals surface area contributed by atoms with E-state index < -0.39 is 5.82 Å². The van der Waals surface area contributed by atoms with Crippen molar-refractivity contribution in [2.75, 3.05) is 0 Å². The van der Waals surface area contributed by atoms with Crippen LogP contribution in [-0.2, 0) is 0 Å². The highest BCUT2D eigenvalue weighted by molar-refractivity contribution is 6.29. The fourth-order valence-electron chi connectivity index (χ4n) is 1.95. The molecule has 3 nitrogen and oxygen atoms in total. The predicted octanol–water partition coefficient (Wildman–Crippen LogP) is 3.18. The molecule has 1 aromatic heterocycles. The van der Waals surface area contributed by atoms with Gasteiger partial charge in [-0.2, -0.15) is 0 Å². The highest BCUT2D eigenvalue weighted by atomic mass is 35.5. The van der Waals surface area contributed by atoms with Crippen LogP contribution >= 0.6 is 11.6 Å². The van der Waals surface area contributed by atoms with Crippen LogP contribution < -0.4 is 5.56 Å². The number of benzene rings is 2. The maximum atomic E-state index is 13.8. The zero-order valence-electron chi connectivity index (χ0n) is 9.68. The summed E-state index contributed by atoms with van der Waals surface area (Å²) in [5, 5.41) is 0.337. The van der Waals surface area contributed by atoms with Crippen LogP contribution in [0, 0.1) is 5.82 Å². The minimum Gasteiger partial charge on any atom is -0.268 e. The Morgan fingerprint density at radius 1 is 1.05 bits per heavy atom. The maximum absolute atomic E-state index is 13.8. The van der Waals surface area contributed by atoms with E-state index in [4.69, 9.17) is 11.6 Å². The second-order valence-electron chi connectivity index (χ2n) is 3.99. The lowest BCUT2D eigenvalue weighted by molar-refractivity contribution is 0.616. The average molecular weight is 275 g/mol. The quantitative estimate of drug-likeness (QED) is 0.639. The van der Waals surface area contributed by atoms with Crippen molar-refractivity contribution >= 4 is 22.5 Å². The van der Waals surface area contributed by atoms with Gasteiger partial charge in [-0.25, -0.2) is 13.9 Å². The molecule has 0 atom stereocenters. The Balaban J connectivity index is 2.43. The number of nitrogens with zero attached hydrogens (tertiary/aromatic N) is 2. The summed E-state index contributed by atoms with van der Waals surface area (Å²) in [6, 6.07) is 12.8. The molecule has 0 radical (unpaired) electrons. The zero-order valence-corrected chi connectivity index (χ0v) is 10.4. The highest BCUT2D eigenvalue weighted by Crippen LogP contribution is 2.18. The molecule has 0 unspecified atom stereocenters.